The van der Waals surface area contributed by atoms with Gasteiger partial charge in [0.1, 0.15) is 5.76 Å². The summed E-state index contributed by atoms with van der Waals surface area (Å²) in [6.07, 6.45) is 1.62. The Hall–Kier alpha value is -1.94. The average molecular weight is 233 g/mol. The molecule has 2 aromatic rings. The van der Waals surface area contributed by atoms with E-state index < -0.39 is 0 Å². The highest BCUT2D eigenvalue weighted by Gasteiger charge is 2.15. The second kappa shape index (κ2) is 4.93. The monoisotopic (exact) mass is 233 g/mol. The van der Waals surface area contributed by atoms with Crippen molar-refractivity contribution < 1.29 is 13.9 Å². The molecule has 0 radical (unpaired) electrons. The second-order valence-corrected chi connectivity index (χ2v) is 3.50. The maximum atomic E-state index is 5.63. The van der Waals surface area contributed by atoms with Crippen molar-refractivity contribution in [3.63, 3.8) is 0 Å². The average Bonchev–Trinajstić information content (AvgIpc) is 2.85. The van der Waals surface area contributed by atoms with E-state index in [1.165, 1.54) is 0 Å². The Morgan fingerprint density at radius 3 is 2.59 bits per heavy atom. The van der Waals surface area contributed by atoms with Crippen molar-refractivity contribution in [1.29, 1.82) is 0 Å². The van der Waals surface area contributed by atoms with Crippen molar-refractivity contribution in [3.8, 4) is 22.6 Å². The third-order valence-corrected chi connectivity index (χ3v) is 2.62. The maximum absolute atomic E-state index is 5.63. The molecule has 17 heavy (non-hydrogen) atoms. The summed E-state index contributed by atoms with van der Waals surface area (Å²) in [6.45, 7) is 0.350. The lowest BCUT2D eigenvalue weighted by atomic mass is 10.0. The number of ether oxygens (including phenoxy) is 2. The van der Waals surface area contributed by atoms with Crippen molar-refractivity contribution in [2.45, 2.75) is 6.54 Å². The fraction of sp³-hybridized carbons (Fsp3) is 0.231. The van der Waals surface area contributed by atoms with Crippen LogP contribution in [0.4, 0.5) is 0 Å². The fourth-order valence-corrected chi connectivity index (χ4v) is 1.84. The van der Waals surface area contributed by atoms with Gasteiger partial charge in [0.2, 0.25) is 0 Å². The summed E-state index contributed by atoms with van der Waals surface area (Å²) in [7, 11) is 3.23. The molecule has 0 amide bonds. The quantitative estimate of drug-likeness (QED) is 0.881. The molecule has 0 aliphatic carbocycles. The fourth-order valence-electron chi connectivity index (χ4n) is 1.84. The number of nitrogens with two attached hydrogens (primary N) is 1. The molecule has 0 fully saturated rings. The lowest BCUT2D eigenvalue weighted by Crippen LogP contribution is -1.98. The van der Waals surface area contributed by atoms with Gasteiger partial charge in [-0.2, -0.15) is 0 Å². The molecule has 2 rings (SSSR count). The maximum Gasteiger partial charge on any atom is 0.168 e. The zero-order chi connectivity index (χ0) is 12.3. The molecule has 1 aromatic heterocycles. The van der Waals surface area contributed by atoms with E-state index in [1.54, 1.807) is 20.5 Å². The lowest BCUT2D eigenvalue weighted by Gasteiger charge is -2.12. The first-order chi connectivity index (χ1) is 8.31. The summed E-state index contributed by atoms with van der Waals surface area (Å²) in [5.41, 5.74) is 7.48. The van der Waals surface area contributed by atoms with Gasteiger partial charge in [0.05, 0.1) is 27.0 Å². The van der Waals surface area contributed by atoms with Crippen molar-refractivity contribution in [2.24, 2.45) is 5.73 Å². The Labute approximate surface area is 99.9 Å². The highest BCUT2D eigenvalue weighted by Crippen LogP contribution is 2.39. The molecule has 0 aliphatic heterocycles. The Morgan fingerprint density at radius 2 is 1.94 bits per heavy atom. The number of methoxy groups -OCH3 is 2. The third kappa shape index (κ3) is 1.99. The van der Waals surface area contributed by atoms with E-state index in [9.17, 15) is 0 Å². The Kier molecular flexibility index (Phi) is 3.35. The highest BCUT2D eigenvalue weighted by molar-refractivity contribution is 5.75. The van der Waals surface area contributed by atoms with E-state index in [0.717, 1.165) is 16.9 Å². The van der Waals surface area contributed by atoms with E-state index in [1.807, 2.05) is 24.3 Å². The molecule has 0 saturated heterocycles. The zero-order valence-corrected chi connectivity index (χ0v) is 9.90. The van der Waals surface area contributed by atoms with Crippen LogP contribution in [0.25, 0.3) is 11.1 Å². The molecular formula is C13H15NO3. The number of hydrogen-bond acceptors (Lipinski definition) is 4. The molecule has 0 saturated carbocycles. The number of benzene rings is 1. The normalized spacial score (nSPS) is 10.3. The summed E-state index contributed by atoms with van der Waals surface area (Å²) in [5.74, 6) is 2.11. The molecule has 4 nitrogen and oxygen atoms in total. The third-order valence-electron chi connectivity index (χ3n) is 2.62. The number of hydrogen-bond donors (Lipinski definition) is 1. The van der Waals surface area contributed by atoms with Gasteiger partial charge in [0, 0.05) is 11.1 Å². The van der Waals surface area contributed by atoms with Gasteiger partial charge in [-0.05, 0) is 12.1 Å². The van der Waals surface area contributed by atoms with Crippen LogP contribution in [-0.2, 0) is 6.54 Å². The Morgan fingerprint density at radius 1 is 1.12 bits per heavy atom. The van der Waals surface area contributed by atoms with Crippen molar-refractivity contribution in [2.75, 3.05) is 14.2 Å². The van der Waals surface area contributed by atoms with Crippen molar-refractivity contribution >= 4 is 0 Å². The molecule has 2 N–H and O–H groups in total. The smallest absolute Gasteiger partial charge is 0.168 e. The van der Waals surface area contributed by atoms with Crippen LogP contribution in [0.2, 0.25) is 0 Å². The van der Waals surface area contributed by atoms with Crippen molar-refractivity contribution in [3.05, 3.63) is 36.3 Å². The van der Waals surface area contributed by atoms with Crippen LogP contribution in [0.15, 0.2) is 34.9 Å². The Balaban J connectivity index is 2.59. The topological polar surface area (TPSA) is 57.6 Å². The molecule has 0 spiro atoms. The predicted molar refractivity (Wildman–Crippen MR) is 65.1 cm³/mol. The predicted octanol–water partition coefficient (Wildman–Crippen LogP) is 2.42. The van der Waals surface area contributed by atoms with Crippen LogP contribution in [-0.4, -0.2) is 14.2 Å². The summed E-state index contributed by atoms with van der Waals surface area (Å²) < 4.78 is 16.0. The molecular weight excluding hydrogens is 218 g/mol. The minimum Gasteiger partial charge on any atom is -0.493 e. The number of rotatable bonds is 4. The van der Waals surface area contributed by atoms with Crippen LogP contribution in [0.1, 0.15) is 5.76 Å². The van der Waals surface area contributed by atoms with Gasteiger partial charge < -0.3 is 19.6 Å². The van der Waals surface area contributed by atoms with Crippen molar-refractivity contribution in [1.82, 2.24) is 0 Å². The zero-order valence-electron chi connectivity index (χ0n) is 9.90. The molecule has 0 atom stereocenters. The van der Waals surface area contributed by atoms with Crippen LogP contribution in [0, 0.1) is 0 Å². The summed E-state index contributed by atoms with van der Waals surface area (Å²) in [5, 5.41) is 0. The largest absolute Gasteiger partial charge is 0.493 e. The lowest BCUT2D eigenvalue weighted by molar-refractivity contribution is 0.356. The first-order valence-electron chi connectivity index (χ1n) is 5.29. The van der Waals surface area contributed by atoms with Gasteiger partial charge in [-0.25, -0.2) is 0 Å². The summed E-state index contributed by atoms with van der Waals surface area (Å²) in [6, 6.07) is 7.58. The van der Waals surface area contributed by atoms with Gasteiger partial charge in [0.15, 0.2) is 11.5 Å². The molecule has 90 valence electrons. The SMILES string of the molecule is COc1cccc(-c2ccoc2CN)c1OC. The molecule has 4 heteroatoms. The van der Waals surface area contributed by atoms with E-state index >= 15 is 0 Å². The van der Waals surface area contributed by atoms with E-state index in [2.05, 4.69) is 0 Å². The first-order valence-corrected chi connectivity index (χ1v) is 5.29. The van der Waals surface area contributed by atoms with Gasteiger partial charge in [-0.15, -0.1) is 0 Å². The van der Waals surface area contributed by atoms with E-state index in [-0.39, 0.29) is 0 Å². The molecule has 1 heterocycles. The van der Waals surface area contributed by atoms with Gasteiger partial charge in [-0.3, -0.25) is 0 Å². The van der Waals surface area contributed by atoms with Crippen LogP contribution >= 0.6 is 0 Å². The number of para-hydroxylation sites is 1. The van der Waals surface area contributed by atoms with Crippen LogP contribution in [0.5, 0.6) is 11.5 Å². The van der Waals surface area contributed by atoms with Crippen LogP contribution < -0.4 is 15.2 Å². The summed E-state index contributed by atoms with van der Waals surface area (Å²) >= 11 is 0. The van der Waals surface area contributed by atoms with Gasteiger partial charge in [-0.1, -0.05) is 12.1 Å². The minimum atomic E-state index is 0.350. The second-order valence-electron chi connectivity index (χ2n) is 3.50. The Bertz CT molecular complexity index is 505. The minimum absolute atomic E-state index is 0.350. The molecule has 0 unspecified atom stereocenters. The molecule has 0 aliphatic rings. The van der Waals surface area contributed by atoms with Crippen LogP contribution in [0.3, 0.4) is 0 Å². The highest BCUT2D eigenvalue weighted by atomic mass is 16.5. The van der Waals surface area contributed by atoms with E-state index in [0.29, 0.717) is 18.0 Å². The van der Waals surface area contributed by atoms with E-state index in [4.69, 9.17) is 19.6 Å². The summed E-state index contributed by atoms with van der Waals surface area (Å²) in [4.78, 5) is 0. The molecule has 0 bridgehead atoms. The molecule has 1 aromatic carbocycles. The van der Waals surface area contributed by atoms with Gasteiger partial charge in [0.25, 0.3) is 0 Å². The first kappa shape index (κ1) is 11.5. The number of furan rings is 1. The van der Waals surface area contributed by atoms with Gasteiger partial charge >= 0.3 is 0 Å². The standard InChI is InChI=1S/C13H15NO3/c1-15-11-5-3-4-10(13(11)16-2)9-6-7-17-12(9)8-14/h3-7H,8,14H2,1-2H3.